The van der Waals surface area contributed by atoms with Crippen molar-refractivity contribution in [3.8, 4) is 0 Å². The summed E-state index contributed by atoms with van der Waals surface area (Å²) in [7, 11) is -3.81. The molecule has 0 aromatic carbocycles. The fraction of sp³-hybridized carbons (Fsp3) is 0.727. The number of nitrogens with zero attached hydrogens (tertiary/aromatic N) is 1. The molecular formula is C11H16N2O7S. The van der Waals surface area contributed by atoms with Crippen LogP contribution in [0.4, 0.5) is 0 Å². The fourth-order valence-corrected chi connectivity index (χ4v) is 4.75. The molecule has 3 atom stereocenters. The summed E-state index contributed by atoms with van der Waals surface area (Å²) in [6.45, 7) is 3.15. The number of hydrogen-bond acceptors (Lipinski definition) is 8. The molecule has 2 rings (SSSR count). The van der Waals surface area contributed by atoms with Crippen molar-refractivity contribution in [2.24, 2.45) is 5.73 Å². The Hall–Kier alpha value is -1.68. The second-order valence-corrected chi connectivity index (χ2v) is 8.06. The Kier molecular flexibility index (Phi) is 3.49. The van der Waals surface area contributed by atoms with Gasteiger partial charge in [-0.2, -0.15) is 0 Å². The maximum absolute atomic E-state index is 12.4. The number of rotatable bonds is 3. The van der Waals surface area contributed by atoms with Gasteiger partial charge in [0.2, 0.25) is 12.7 Å². The maximum Gasteiger partial charge on any atom is 0.333 e. The van der Waals surface area contributed by atoms with E-state index in [0.29, 0.717) is 0 Å². The molecule has 0 saturated carbocycles. The molecule has 0 spiro atoms. The topological polar surface area (TPSA) is 133 Å². The molecule has 0 aromatic rings. The standard InChI is InChI=1S/C11H16N2O7S/c1-5(14)19-4-20-10(16)7-11(2,3)21(17,18)9-6(12)8(15)13(7)9/h6-7,9H,4,12H2,1-3H3/t6?,7-,9+/m0/s1. The third-order valence-corrected chi connectivity index (χ3v) is 6.64. The van der Waals surface area contributed by atoms with Crippen LogP contribution in [0, 0.1) is 0 Å². The molecule has 1 amide bonds. The fourth-order valence-electron chi connectivity index (χ4n) is 2.58. The summed E-state index contributed by atoms with van der Waals surface area (Å²) < 4.78 is 32.4. The molecule has 2 aliphatic heterocycles. The van der Waals surface area contributed by atoms with Crippen molar-refractivity contribution in [2.45, 2.75) is 43.0 Å². The number of nitrogens with two attached hydrogens (primary N) is 1. The normalized spacial score (nSPS) is 32.1. The van der Waals surface area contributed by atoms with E-state index in [9.17, 15) is 22.8 Å². The minimum absolute atomic E-state index is 0.622. The number of fused-ring (bicyclic) bond motifs is 1. The van der Waals surface area contributed by atoms with E-state index in [4.69, 9.17) is 10.5 Å². The molecule has 0 bridgehead atoms. The van der Waals surface area contributed by atoms with E-state index in [1.165, 1.54) is 13.8 Å². The number of carbonyl (C=O) groups excluding carboxylic acids is 3. The van der Waals surface area contributed by atoms with Gasteiger partial charge in [0.15, 0.2) is 15.2 Å². The van der Waals surface area contributed by atoms with Crippen LogP contribution in [0.2, 0.25) is 0 Å². The molecule has 2 aliphatic rings. The Labute approximate surface area is 121 Å². The van der Waals surface area contributed by atoms with Crippen molar-refractivity contribution in [3.05, 3.63) is 0 Å². The van der Waals surface area contributed by atoms with Crippen molar-refractivity contribution in [1.82, 2.24) is 4.90 Å². The van der Waals surface area contributed by atoms with Crippen molar-refractivity contribution in [2.75, 3.05) is 6.79 Å². The Morgan fingerprint density at radius 1 is 1.33 bits per heavy atom. The highest BCUT2D eigenvalue weighted by Gasteiger charge is 2.71. The van der Waals surface area contributed by atoms with Gasteiger partial charge in [-0.05, 0) is 13.8 Å². The van der Waals surface area contributed by atoms with E-state index in [1.54, 1.807) is 0 Å². The summed E-state index contributed by atoms with van der Waals surface area (Å²) in [5, 5.41) is -1.22. The van der Waals surface area contributed by atoms with E-state index >= 15 is 0 Å². The van der Waals surface area contributed by atoms with Gasteiger partial charge < -0.3 is 20.1 Å². The molecule has 0 aromatic heterocycles. The first-order valence-corrected chi connectivity index (χ1v) is 7.69. The van der Waals surface area contributed by atoms with Gasteiger partial charge in [0, 0.05) is 6.92 Å². The molecule has 118 valence electrons. The summed E-state index contributed by atoms with van der Waals surface area (Å²) in [4.78, 5) is 35.4. The van der Waals surface area contributed by atoms with E-state index in [0.717, 1.165) is 11.8 Å². The number of esters is 2. The molecule has 0 radical (unpaired) electrons. The Morgan fingerprint density at radius 3 is 2.43 bits per heavy atom. The highest BCUT2D eigenvalue weighted by atomic mass is 32.2. The van der Waals surface area contributed by atoms with Gasteiger partial charge in [0.05, 0.1) is 0 Å². The Balaban J connectivity index is 2.24. The average Bonchev–Trinajstić information content (AvgIpc) is 2.50. The largest absolute Gasteiger partial charge is 0.428 e. The van der Waals surface area contributed by atoms with Crippen LogP contribution < -0.4 is 5.73 Å². The van der Waals surface area contributed by atoms with Crippen molar-refractivity contribution < 1.29 is 32.3 Å². The molecule has 10 heteroatoms. The van der Waals surface area contributed by atoms with Crippen LogP contribution in [0.25, 0.3) is 0 Å². The predicted molar refractivity (Wildman–Crippen MR) is 68.1 cm³/mol. The minimum atomic E-state index is -3.81. The first kappa shape index (κ1) is 15.7. The maximum atomic E-state index is 12.4. The Morgan fingerprint density at radius 2 is 1.90 bits per heavy atom. The molecular weight excluding hydrogens is 304 g/mol. The number of carbonyl (C=O) groups is 3. The Bertz CT molecular complexity index is 612. The second kappa shape index (κ2) is 4.67. The lowest BCUT2D eigenvalue weighted by Gasteiger charge is -2.40. The summed E-state index contributed by atoms with van der Waals surface area (Å²) in [6.07, 6.45) is 0. The van der Waals surface area contributed by atoms with Crippen LogP contribution in [0.5, 0.6) is 0 Å². The number of amides is 1. The highest BCUT2D eigenvalue weighted by Crippen LogP contribution is 2.45. The number of ether oxygens (including phenoxy) is 2. The molecule has 1 unspecified atom stereocenters. The quantitative estimate of drug-likeness (QED) is 0.363. The van der Waals surface area contributed by atoms with E-state index in [-0.39, 0.29) is 0 Å². The zero-order valence-corrected chi connectivity index (χ0v) is 12.5. The summed E-state index contributed by atoms with van der Waals surface area (Å²) in [5.74, 6) is -2.22. The van der Waals surface area contributed by atoms with E-state index in [1.807, 2.05) is 0 Å². The minimum Gasteiger partial charge on any atom is -0.428 e. The van der Waals surface area contributed by atoms with Crippen LogP contribution in [0.3, 0.4) is 0 Å². The van der Waals surface area contributed by atoms with Gasteiger partial charge in [-0.15, -0.1) is 0 Å². The van der Waals surface area contributed by atoms with Crippen LogP contribution in [0.1, 0.15) is 20.8 Å². The SMILES string of the molecule is CC(=O)OCOC(=O)[C@@H]1N2C(=O)C(N)[C@H]2S(=O)(=O)C1(C)C. The third-order valence-electron chi connectivity index (χ3n) is 3.80. The molecule has 0 aliphatic carbocycles. The number of sulfone groups is 1. The van der Waals surface area contributed by atoms with E-state index in [2.05, 4.69) is 4.74 Å². The van der Waals surface area contributed by atoms with Gasteiger partial charge in [0.25, 0.3) is 0 Å². The summed E-state index contributed by atoms with van der Waals surface area (Å²) >= 11 is 0. The van der Waals surface area contributed by atoms with Gasteiger partial charge in [-0.1, -0.05) is 0 Å². The first-order valence-electron chi connectivity index (χ1n) is 6.14. The molecule has 21 heavy (non-hydrogen) atoms. The van der Waals surface area contributed by atoms with Crippen molar-refractivity contribution in [3.63, 3.8) is 0 Å². The van der Waals surface area contributed by atoms with E-state index < -0.39 is 56.7 Å². The van der Waals surface area contributed by atoms with Crippen molar-refractivity contribution >= 4 is 27.7 Å². The molecule has 2 heterocycles. The lowest BCUT2D eigenvalue weighted by molar-refractivity contribution is -0.175. The van der Waals surface area contributed by atoms with Crippen LogP contribution in [-0.4, -0.2) is 60.2 Å². The van der Waals surface area contributed by atoms with Gasteiger partial charge in [-0.25, -0.2) is 13.2 Å². The molecule has 9 nitrogen and oxygen atoms in total. The summed E-state index contributed by atoms with van der Waals surface area (Å²) in [5.41, 5.74) is 5.51. The van der Waals surface area contributed by atoms with Gasteiger partial charge in [-0.3, -0.25) is 9.59 Å². The molecule has 2 fully saturated rings. The van der Waals surface area contributed by atoms with Gasteiger partial charge in [0.1, 0.15) is 16.8 Å². The lowest BCUT2D eigenvalue weighted by atomic mass is 9.96. The zero-order chi connectivity index (χ0) is 16.2. The van der Waals surface area contributed by atoms with Crippen molar-refractivity contribution in [1.29, 1.82) is 0 Å². The van der Waals surface area contributed by atoms with Gasteiger partial charge >= 0.3 is 11.9 Å². The highest BCUT2D eigenvalue weighted by molar-refractivity contribution is 7.94. The monoisotopic (exact) mass is 320 g/mol. The average molecular weight is 320 g/mol. The third kappa shape index (κ3) is 2.01. The number of hydrogen-bond donors (Lipinski definition) is 1. The smallest absolute Gasteiger partial charge is 0.333 e. The summed E-state index contributed by atoms with van der Waals surface area (Å²) in [6, 6.07) is -2.48. The van der Waals surface area contributed by atoms with Crippen LogP contribution in [0.15, 0.2) is 0 Å². The predicted octanol–water partition coefficient (Wildman–Crippen LogP) is -1.88. The van der Waals surface area contributed by atoms with Crippen LogP contribution >= 0.6 is 0 Å². The first-order chi connectivity index (χ1) is 9.53. The van der Waals surface area contributed by atoms with Crippen LogP contribution in [-0.2, 0) is 33.7 Å². The zero-order valence-electron chi connectivity index (χ0n) is 11.7. The lowest BCUT2D eigenvalue weighted by Crippen LogP contribution is -2.70. The molecule has 2 saturated heterocycles. The molecule has 2 N–H and O–H groups in total. The number of β-lactam (4-membered cyclic amide) rings is 1. The second-order valence-electron chi connectivity index (χ2n) is 5.43.